The average Bonchev–Trinajstić information content (AvgIpc) is 2.65. The normalized spacial score (nSPS) is 9.96. The molecule has 0 atom stereocenters. The van der Waals surface area contributed by atoms with E-state index < -0.39 is 22.5 Å². The topological polar surface area (TPSA) is 172 Å². The van der Waals surface area contributed by atoms with Crippen LogP contribution in [-0.4, -0.2) is 41.0 Å². The average molecular weight is 362 g/mol. The number of nitro groups is 1. The predicted molar refractivity (Wildman–Crippen MR) is 88.9 cm³/mol. The first-order valence-corrected chi connectivity index (χ1v) is 6.96. The van der Waals surface area contributed by atoms with Crippen LogP contribution >= 0.6 is 0 Å². The Kier molecular flexibility index (Phi) is 5.60. The van der Waals surface area contributed by atoms with Crippen molar-refractivity contribution in [1.29, 1.82) is 0 Å². The lowest BCUT2D eigenvalue weighted by atomic mass is 10.1. The third-order valence-corrected chi connectivity index (χ3v) is 3.18. The summed E-state index contributed by atoms with van der Waals surface area (Å²) in [6, 6.07) is 3.93. The van der Waals surface area contributed by atoms with E-state index in [0.717, 1.165) is 6.33 Å². The van der Waals surface area contributed by atoms with Crippen molar-refractivity contribution in [2.75, 3.05) is 25.0 Å². The summed E-state index contributed by atoms with van der Waals surface area (Å²) >= 11 is 0. The fourth-order valence-electron chi connectivity index (χ4n) is 2.06. The van der Waals surface area contributed by atoms with Crippen molar-refractivity contribution in [2.24, 2.45) is 5.84 Å². The molecule has 12 nitrogen and oxygen atoms in total. The number of hydrogen-bond donors (Lipinski definition) is 3. The van der Waals surface area contributed by atoms with Gasteiger partial charge in [-0.05, 0) is 18.2 Å². The highest BCUT2D eigenvalue weighted by molar-refractivity contribution is 5.97. The monoisotopic (exact) mass is 362 g/mol. The molecule has 0 fully saturated rings. The molecule has 0 spiro atoms. The molecule has 0 amide bonds. The molecule has 0 aliphatic heterocycles. The zero-order valence-electron chi connectivity index (χ0n) is 13.7. The van der Waals surface area contributed by atoms with Crippen molar-refractivity contribution in [3.63, 3.8) is 0 Å². The first kappa shape index (κ1) is 18.5. The van der Waals surface area contributed by atoms with Gasteiger partial charge in [0.15, 0.2) is 0 Å². The lowest BCUT2D eigenvalue weighted by Gasteiger charge is -2.11. The van der Waals surface area contributed by atoms with E-state index in [1.54, 1.807) is 0 Å². The number of rotatable bonds is 6. The van der Waals surface area contributed by atoms with Crippen LogP contribution in [0, 0.1) is 10.1 Å². The molecule has 2 rings (SSSR count). The van der Waals surface area contributed by atoms with Gasteiger partial charge in [-0.25, -0.2) is 25.4 Å². The summed E-state index contributed by atoms with van der Waals surface area (Å²) in [5, 5.41) is 13.9. The van der Waals surface area contributed by atoms with Crippen LogP contribution in [0.4, 0.5) is 23.0 Å². The Labute approximate surface area is 146 Å². The summed E-state index contributed by atoms with van der Waals surface area (Å²) in [5.41, 5.74) is 1.82. The SMILES string of the molecule is COC(=O)c1cc(Nc2ncnc(NN)c2[N+](=O)[O-])cc(C(=O)OC)c1. The number of ether oxygens (including phenoxy) is 2. The number of esters is 2. The molecule has 1 aromatic heterocycles. The van der Waals surface area contributed by atoms with Crippen molar-refractivity contribution >= 4 is 34.9 Å². The highest BCUT2D eigenvalue weighted by Crippen LogP contribution is 2.31. The molecule has 0 unspecified atom stereocenters. The summed E-state index contributed by atoms with van der Waals surface area (Å²) in [4.78, 5) is 41.6. The molecule has 0 saturated heterocycles. The Morgan fingerprint density at radius 1 is 1.08 bits per heavy atom. The summed E-state index contributed by atoms with van der Waals surface area (Å²) in [6.45, 7) is 0. The van der Waals surface area contributed by atoms with Crippen LogP contribution in [0.5, 0.6) is 0 Å². The quantitative estimate of drug-likeness (QED) is 0.289. The van der Waals surface area contributed by atoms with E-state index in [-0.39, 0.29) is 28.5 Å². The molecule has 26 heavy (non-hydrogen) atoms. The summed E-state index contributed by atoms with van der Waals surface area (Å²) in [7, 11) is 2.35. The maximum absolute atomic E-state index is 11.8. The van der Waals surface area contributed by atoms with Crippen LogP contribution in [-0.2, 0) is 9.47 Å². The smallest absolute Gasteiger partial charge is 0.354 e. The number of hydrogen-bond acceptors (Lipinski definition) is 11. The number of carbonyl (C=O) groups is 2. The van der Waals surface area contributed by atoms with E-state index >= 15 is 0 Å². The van der Waals surface area contributed by atoms with Gasteiger partial charge in [0.2, 0.25) is 11.6 Å². The second-order valence-corrected chi connectivity index (χ2v) is 4.73. The third-order valence-electron chi connectivity index (χ3n) is 3.18. The Morgan fingerprint density at radius 3 is 2.08 bits per heavy atom. The van der Waals surface area contributed by atoms with E-state index in [0.29, 0.717) is 0 Å². The lowest BCUT2D eigenvalue weighted by molar-refractivity contribution is -0.383. The van der Waals surface area contributed by atoms with Crippen molar-refractivity contribution in [3.8, 4) is 0 Å². The number of nitrogens with one attached hydrogen (secondary N) is 2. The van der Waals surface area contributed by atoms with Crippen molar-refractivity contribution in [2.45, 2.75) is 0 Å². The van der Waals surface area contributed by atoms with Gasteiger partial charge < -0.3 is 20.2 Å². The molecule has 0 aliphatic carbocycles. The fraction of sp³-hybridized carbons (Fsp3) is 0.143. The van der Waals surface area contributed by atoms with Gasteiger partial charge in [-0.3, -0.25) is 10.1 Å². The molecule has 0 saturated carbocycles. The molecule has 0 bridgehead atoms. The molecule has 136 valence electrons. The van der Waals surface area contributed by atoms with Gasteiger partial charge in [0.05, 0.1) is 30.3 Å². The lowest BCUT2D eigenvalue weighted by Crippen LogP contribution is -2.13. The highest BCUT2D eigenvalue weighted by Gasteiger charge is 2.23. The number of aromatic nitrogens is 2. The van der Waals surface area contributed by atoms with Crippen molar-refractivity contribution in [1.82, 2.24) is 9.97 Å². The third kappa shape index (κ3) is 3.81. The van der Waals surface area contributed by atoms with E-state index in [1.165, 1.54) is 32.4 Å². The first-order chi connectivity index (χ1) is 12.4. The first-order valence-electron chi connectivity index (χ1n) is 6.96. The van der Waals surface area contributed by atoms with Gasteiger partial charge in [-0.15, -0.1) is 0 Å². The standard InChI is InChI=1S/C14H14N6O6/c1-25-13(21)7-3-8(14(22)26-2)5-9(4-7)18-11-10(20(23)24)12(19-15)17-6-16-11/h3-6H,15H2,1-2H3,(H2,16,17,18,19). The maximum atomic E-state index is 11.8. The number of hydrazine groups is 1. The van der Waals surface area contributed by atoms with Gasteiger partial charge in [-0.1, -0.05) is 0 Å². The molecule has 2 aromatic rings. The molecule has 0 radical (unpaired) electrons. The number of methoxy groups -OCH3 is 2. The molecule has 4 N–H and O–H groups in total. The van der Waals surface area contributed by atoms with Gasteiger partial charge >= 0.3 is 17.6 Å². The minimum atomic E-state index is -0.733. The Bertz CT molecular complexity index is 837. The molecule has 1 aromatic carbocycles. The Balaban J connectivity index is 2.54. The second-order valence-electron chi connectivity index (χ2n) is 4.73. The zero-order chi connectivity index (χ0) is 19.3. The fourth-order valence-corrected chi connectivity index (χ4v) is 2.06. The van der Waals surface area contributed by atoms with Crippen LogP contribution < -0.4 is 16.6 Å². The molecule has 1 heterocycles. The second kappa shape index (κ2) is 7.85. The maximum Gasteiger partial charge on any atom is 0.354 e. The number of anilines is 3. The number of nitrogen functional groups attached to an aromatic ring is 1. The summed E-state index contributed by atoms with van der Waals surface area (Å²) in [6.07, 6.45) is 1.05. The predicted octanol–water partition coefficient (Wildman–Crippen LogP) is 0.987. The summed E-state index contributed by atoms with van der Waals surface area (Å²) in [5.74, 6) is 3.39. The number of carbonyl (C=O) groups excluding carboxylic acids is 2. The van der Waals surface area contributed by atoms with Gasteiger partial charge in [0.1, 0.15) is 6.33 Å². The summed E-state index contributed by atoms with van der Waals surface area (Å²) < 4.78 is 9.26. The molecular formula is C14H14N6O6. The van der Waals surface area contributed by atoms with Gasteiger partial charge in [-0.2, -0.15) is 0 Å². The molecule has 0 aliphatic rings. The van der Waals surface area contributed by atoms with E-state index in [9.17, 15) is 19.7 Å². The largest absolute Gasteiger partial charge is 0.465 e. The Hall–Kier alpha value is -3.80. The van der Waals surface area contributed by atoms with Gasteiger partial charge in [0, 0.05) is 5.69 Å². The van der Waals surface area contributed by atoms with E-state index in [1.807, 2.05) is 0 Å². The van der Waals surface area contributed by atoms with Crippen molar-refractivity contribution < 1.29 is 24.0 Å². The van der Waals surface area contributed by atoms with Crippen molar-refractivity contribution in [3.05, 3.63) is 45.8 Å². The Morgan fingerprint density at radius 2 is 1.62 bits per heavy atom. The van der Waals surface area contributed by atoms with Gasteiger partial charge in [0.25, 0.3) is 0 Å². The van der Waals surface area contributed by atoms with E-state index in [2.05, 4.69) is 30.2 Å². The van der Waals surface area contributed by atoms with Crippen LogP contribution in [0.25, 0.3) is 0 Å². The minimum Gasteiger partial charge on any atom is -0.465 e. The zero-order valence-corrected chi connectivity index (χ0v) is 13.7. The minimum absolute atomic E-state index is 0.0341. The number of benzene rings is 1. The van der Waals surface area contributed by atoms with E-state index in [4.69, 9.17) is 5.84 Å². The van der Waals surface area contributed by atoms with Crippen LogP contribution in [0.3, 0.4) is 0 Å². The number of nitrogens with zero attached hydrogens (tertiary/aromatic N) is 3. The highest BCUT2D eigenvalue weighted by atomic mass is 16.6. The van der Waals surface area contributed by atoms with Crippen LogP contribution in [0.1, 0.15) is 20.7 Å². The number of nitrogens with two attached hydrogens (primary N) is 1. The van der Waals surface area contributed by atoms with Crippen LogP contribution in [0.15, 0.2) is 24.5 Å². The van der Waals surface area contributed by atoms with Crippen LogP contribution in [0.2, 0.25) is 0 Å². The molecular weight excluding hydrogens is 348 g/mol. The molecule has 12 heteroatoms.